The van der Waals surface area contributed by atoms with Gasteiger partial charge in [0.1, 0.15) is 46.0 Å². The lowest BCUT2D eigenvalue weighted by Crippen LogP contribution is -2.48. The summed E-state index contributed by atoms with van der Waals surface area (Å²) in [5.74, 6) is 5.65. The molecule has 12 unspecified atom stereocenters. The van der Waals surface area contributed by atoms with E-state index in [0.717, 1.165) is 202 Å². The maximum absolute atomic E-state index is 13.8. The summed E-state index contributed by atoms with van der Waals surface area (Å²) in [6.07, 6.45) is 26.5. The van der Waals surface area contributed by atoms with E-state index >= 15 is 0 Å². The summed E-state index contributed by atoms with van der Waals surface area (Å²) in [5.41, 5.74) is 20.8. The molecule has 0 spiro atoms. The number of carbonyl (C=O) groups excluding carboxylic acids is 4. The average molecular weight is 1650 g/mol. The molecule has 24 nitrogen and oxygen atoms in total. The van der Waals surface area contributed by atoms with Crippen LogP contribution in [-0.4, -0.2) is 178 Å². The van der Waals surface area contributed by atoms with Crippen LogP contribution in [0.15, 0.2) is 195 Å². The van der Waals surface area contributed by atoms with Crippen LogP contribution >= 0.6 is 0 Å². The molecule has 20 rings (SSSR count). The molecule has 8 aliphatic rings. The van der Waals surface area contributed by atoms with E-state index in [9.17, 15) is 19.2 Å². The Labute approximate surface area is 725 Å². The number of amides is 4. The Morgan fingerprint density at radius 1 is 0.282 bits per heavy atom. The molecule has 12 aromatic rings. The monoisotopic (exact) mass is 1650 g/mol. The number of pyridine rings is 12. The summed E-state index contributed by atoms with van der Waals surface area (Å²) in [4.78, 5) is 118. The number of hydrogen-bond acceptors (Lipinski definition) is 20. The van der Waals surface area contributed by atoms with Crippen LogP contribution in [0.2, 0.25) is 0 Å². The molecule has 4 aliphatic carbocycles. The molecule has 16 heterocycles. The zero-order chi connectivity index (χ0) is 86.1. The van der Waals surface area contributed by atoms with E-state index in [1.807, 2.05) is 243 Å². The minimum atomic E-state index is -0.00378. The van der Waals surface area contributed by atoms with Gasteiger partial charge in [-0.15, -0.1) is 0 Å². The number of rotatable bonds is 16. The number of piperidine rings is 4. The highest BCUT2D eigenvalue weighted by Crippen LogP contribution is 2.46. The number of carbonyl (C=O) groups is 4. The molecule has 8 bridgehead atoms. The van der Waals surface area contributed by atoms with Gasteiger partial charge < -0.3 is 40.9 Å². The molecule has 4 N–H and O–H groups in total. The van der Waals surface area contributed by atoms with E-state index in [4.69, 9.17) is 4.98 Å². The van der Waals surface area contributed by atoms with E-state index in [1.54, 1.807) is 31.0 Å². The number of fused-ring (bicyclic) bond motifs is 8. The third-order valence-electron chi connectivity index (χ3n) is 25.9. The van der Waals surface area contributed by atoms with Gasteiger partial charge in [-0.3, -0.25) is 54.1 Å². The first kappa shape index (κ1) is 83.2. The Morgan fingerprint density at radius 3 is 1.02 bits per heavy atom. The minimum Gasteiger partial charge on any atom is -0.365 e. The first-order valence-electron chi connectivity index (χ1n) is 43.5. The molecule has 12 atom stereocenters. The lowest BCUT2D eigenvalue weighted by atomic mass is 10.0. The van der Waals surface area contributed by atoms with Crippen LogP contribution < -0.4 is 21.3 Å². The summed E-state index contributed by atoms with van der Waals surface area (Å²) in [5, 5.41) is 14.3. The zero-order valence-electron chi connectivity index (χ0n) is 72.7. The normalized spacial score (nSPS) is 22.0. The van der Waals surface area contributed by atoms with Crippen molar-refractivity contribution in [3.05, 3.63) is 285 Å². The third kappa shape index (κ3) is 17.8. The van der Waals surface area contributed by atoms with Gasteiger partial charge in [0.2, 0.25) is 0 Å². The number of nitrogens with zero attached hydrogens (tertiary/aromatic N) is 16. The van der Waals surface area contributed by atoms with Gasteiger partial charge in [-0.25, -0.2) is 24.9 Å². The summed E-state index contributed by atoms with van der Waals surface area (Å²) in [6.45, 7) is 27.2. The molecular formula is C100H108N20O4. The molecule has 4 saturated carbocycles. The number of aromatic nitrogens is 12. The molecule has 24 heteroatoms. The minimum absolute atomic E-state index is 0.000353. The standard InChI is InChI=1S/4C25H27N5O/c1-15-6-9-22(27-13-15)29-20-11-18-12-21(20)30(14-18)25(31)19-8-7-17(3)28-24(19)23-16(2)5-4-10-26-23;1-15-6-9-22(27-13-15)29-20-11-18-12-21(20)30(14-18)25(31)24-19(8-7-17(3)28-24)23-16(2)5-4-10-26-23;1-15-6-7-22(27-12-15)29-20-10-18-11-21(20)30(14-18)25(31)19-9-16(2)13-28-24(19)23-17(3)5-4-8-26-23;1-15-6-7-22(27-12-15)29-20-10-18-11-21(20)30(14-18)25(31)24-19(9-16(2)13-28-24)23-17(3)5-4-8-26-23/h2*4-10,13,18,20-21H,11-12,14H2,1-3H3,(H,27,29);2*4-9,12-13,18,20-21H,10-11,14H2,1-3H3,(H,27,29). The second kappa shape index (κ2) is 35.8. The molecule has 4 aliphatic heterocycles. The van der Waals surface area contributed by atoms with Crippen molar-refractivity contribution in [2.24, 2.45) is 23.7 Å². The Balaban J connectivity index is 0.000000117. The quantitative estimate of drug-likeness (QED) is 0.0699. The number of hydrogen-bond donors (Lipinski definition) is 4. The van der Waals surface area contributed by atoms with E-state index in [1.165, 1.54) is 0 Å². The lowest BCUT2D eigenvalue weighted by molar-refractivity contribution is 0.0680. The zero-order valence-corrected chi connectivity index (χ0v) is 72.7. The highest BCUT2D eigenvalue weighted by Gasteiger charge is 2.52. The van der Waals surface area contributed by atoms with Crippen molar-refractivity contribution in [3.63, 3.8) is 0 Å². The van der Waals surface area contributed by atoms with Gasteiger partial charge in [0.05, 0.1) is 58.1 Å². The molecule has 0 aromatic carbocycles. The number of aryl methyl sites for hydroxylation is 12. The van der Waals surface area contributed by atoms with E-state index in [0.29, 0.717) is 57.6 Å². The Hall–Kier alpha value is -13.1. The van der Waals surface area contributed by atoms with E-state index in [2.05, 4.69) is 100 Å². The summed E-state index contributed by atoms with van der Waals surface area (Å²) >= 11 is 0. The Kier molecular flexibility index (Phi) is 24.0. The molecule has 632 valence electrons. The van der Waals surface area contributed by atoms with Crippen LogP contribution in [0.5, 0.6) is 0 Å². The predicted octanol–water partition coefficient (Wildman–Crippen LogP) is 16.7. The fraction of sp³-hybridized carbons (Fsp3) is 0.360. The van der Waals surface area contributed by atoms with Crippen molar-refractivity contribution in [3.8, 4) is 45.3 Å². The van der Waals surface area contributed by atoms with Crippen LogP contribution in [0.4, 0.5) is 23.3 Å². The summed E-state index contributed by atoms with van der Waals surface area (Å²) in [6, 6.07) is 45.2. The molecule has 0 radical (unpaired) electrons. The molecule has 124 heavy (non-hydrogen) atoms. The first-order valence-corrected chi connectivity index (χ1v) is 43.5. The van der Waals surface area contributed by atoms with Gasteiger partial charge >= 0.3 is 0 Å². The third-order valence-corrected chi connectivity index (χ3v) is 25.9. The lowest BCUT2D eigenvalue weighted by Gasteiger charge is -2.34. The molecule has 4 amide bonds. The van der Waals surface area contributed by atoms with Crippen molar-refractivity contribution < 1.29 is 19.2 Å². The van der Waals surface area contributed by atoms with Crippen LogP contribution in [0.3, 0.4) is 0 Å². The maximum atomic E-state index is 13.8. The largest absolute Gasteiger partial charge is 0.365 e. The number of likely N-dealkylation sites (tertiary alicyclic amines) is 4. The van der Waals surface area contributed by atoms with Crippen molar-refractivity contribution in [2.75, 3.05) is 47.4 Å². The van der Waals surface area contributed by atoms with Gasteiger partial charge in [0.15, 0.2) is 0 Å². The van der Waals surface area contributed by atoms with Crippen molar-refractivity contribution >= 4 is 46.9 Å². The van der Waals surface area contributed by atoms with Gasteiger partial charge in [-0.05, 0) is 299 Å². The van der Waals surface area contributed by atoms with Crippen molar-refractivity contribution in [1.82, 2.24) is 79.4 Å². The maximum Gasteiger partial charge on any atom is 0.273 e. The van der Waals surface area contributed by atoms with Gasteiger partial charge in [0, 0.05) is 135 Å². The van der Waals surface area contributed by atoms with Crippen molar-refractivity contribution in [2.45, 2.75) is 183 Å². The highest BCUT2D eigenvalue weighted by molar-refractivity contribution is 6.03. The SMILES string of the molecule is Cc1ccc(NC2CC3CC2N(C(=O)c2cc(C)cnc2-c2ncccc2C)C3)nc1.Cc1ccc(NC2CC3CC2N(C(=O)c2ccc(C)nc2-c2ncccc2C)C3)nc1.Cc1ccc(NC2CC3CC2N(C(=O)c2nc(C)ccc2-c2ncccc2C)C3)nc1.Cc1ccc(NC2CC3CC2N(C(=O)c2ncc(C)cc2-c2ncccc2C)C3)nc1. The molecular weight excluding hydrogens is 1550 g/mol. The Bertz CT molecular complexity index is 5590. The summed E-state index contributed by atoms with van der Waals surface area (Å²) < 4.78 is 0. The number of anilines is 4. The fourth-order valence-electron chi connectivity index (χ4n) is 19.9. The van der Waals surface area contributed by atoms with Crippen LogP contribution in [0, 0.1) is 107 Å². The van der Waals surface area contributed by atoms with Gasteiger partial charge in [0.25, 0.3) is 23.6 Å². The fourth-order valence-corrected chi connectivity index (χ4v) is 19.9. The predicted molar refractivity (Wildman–Crippen MR) is 484 cm³/mol. The molecule has 4 saturated heterocycles. The van der Waals surface area contributed by atoms with Crippen LogP contribution in [-0.2, 0) is 0 Å². The van der Waals surface area contributed by atoms with Crippen molar-refractivity contribution in [1.29, 1.82) is 0 Å². The van der Waals surface area contributed by atoms with E-state index in [-0.39, 0.29) is 72.0 Å². The second-order valence-electron chi connectivity index (χ2n) is 35.5. The van der Waals surface area contributed by atoms with Crippen LogP contribution in [0.1, 0.15) is 160 Å². The molecule has 12 aromatic heterocycles. The highest BCUT2D eigenvalue weighted by atomic mass is 16.2. The van der Waals surface area contributed by atoms with Gasteiger partial charge in [-0.1, -0.05) is 48.5 Å². The number of nitrogens with one attached hydrogen (secondary N) is 4. The smallest absolute Gasteiger partial charge is 0.273 e. The summed E-state index contributed by atoms with van der Waals surface area (Å²) in [7, 11) is 0. The second-order valence-corrected chi connectivity index (χ2v) is 35.5. The van der Waals surface area contributed by atoms with E-state index < -0.39 is 0 Å². The topological polar surface area (TPSA) is 284 Å². The first-order chi connectivity index (χ1) is 60.0. The van der Waals surface area contributed by atoms with Gasteiger partial charge in [-0.2, -0.15) is 0 Å². The molecule has 8 fully saturated rings. The average Bonchev–Trinajstić information content (AvgIpc) is 1.73. The van der Waals surface area contributed by atoms with Crippen LogP contribution in [0.25, 0.3) is 45.3 Å². The Morgan fingerprint density at radius 2 is 0.621 bits per heavy atom.